The highest BCUT2D eigenvalue weighted by atomic mass is 16.6. The zero-order valence-corrected chi connectivity index (χ0v) is 18.9. The minimum atomic E-state index is -0.769. The van der Waals surface area contributed by atoms with Crippen LogP contribution in [-0.4, -0.2) is 20.2 Å². The summed E-state index contributed by atoms with van der Waals surface area (Å²) in [5.74, 6) is 2.55. The normalized spacial score (nSPS) is 16.2. The fraction of sp³-hybridized carbons (Fsp3) is 0.423. The Labute approximate surface area is 179 Å². The van der Waals surface area contributed by atoms with Crippen molar-refractivity contribution in [1.82, 2.24) is 0 Å². The van der Waals surface area contributed by atoms with Gasteiger partial charge in [0.05, 0.1) is 19.8 Å². The third-order valence-corrected chi connectivity index (χ3v) is 6.29. The minimum absolute atomic E-state index is 0.0569. The summed E-state index contributed by atoms with van der Waals surface area (Å²) >= 11 is 0. The van der Waals surface area contributed by atoms with Gasteiger partial charge in [-0.05, 0) is 71.0 Å². The van der Waals surface area contributed by atoms with E-state index < -0.39 is 5.97 Å². The number of terminal acetylenes is 1. The van der Waals surface area contributed by atoms with Crippen LogP contribution in [0.3, 0.4) is 0 Å². The number of ether oxygens (including phenoxy) is 3. The van der Waals surface area contributed by atoms with E-state index in [0.29, 0.717) is 11.5 Å². The second kappa shape index (κ2) is 7.72. The van der Waals surface area contributed by atoms with Gasteiger partial charge in [-0.2, -0.15) is 0 Å². The molecule has 1 aliphatic rings. The smallest absolute Gasteiger partial charge is 0.389 e. The number of fused-ring (bicyclic) bond motifs is 1. The lowest BCUT2D eigenvalue weighted by atomic mass is 9.62. The highest BCUT2D eigenvalue weighted by Gasteiger charge is 2.38. The summed E-state index contributed by atoms with van der Waals surface area (Å²) in [6.45, 7) is 11.3. The van der Waals surface area contributed by atoms with Gasteiger partial charge < -0.3 is 14.2 Å². The maximum Gasteiger partial charge on any atom is 0.389 e. The molecule has 0 unspecified atom stereocenters. The number of aryl methyl sites for hydroxylation is 1. The predicted molar refractivity (Wildman–Crippen MR) is 119 cm³/mol. The summed E-state index contributed by atoms with van der Waals surface area (Å²) in [5, 5.41) is 0. The average molecular weight is 407 g/mol. The van der Waals surface area contributed by atoms with Crippen LogP contribution in [0, 0.1) is 19.3 Å². The molecular weight excluding hydrogens is 376 g/mol. The van der Waals surface area contributed by atoms with Crippen LogP contribution in [0.1, 0.15) is 57.2 Å². The van der Waals surface area contributed by atoms with E-state index in [4.69, 9.17) is 20.6 Å². The van der Waals surface area contributed by atoms with Crippen LogP contribution < -0.4 is 14.2 Å². The van der Waals surface area contributed by atoms with Gasteiger partial charge in [0.25, 0.3) is 0 Å². The number of hydrogen-bond donors (Lipinski definition) is 0. The Morgan fingerprint density at radius 1 is 0.967 bits per heavy atom. The SMILES string of the molecule is C#CC(=O)Oc1ccc(OC)c(-c2cc3c(cc2C)C(C)(C)CCC3(C)C)c1OC. The Kier molecular flexibility index (Phi) is 5.60. The van der Waals surface area contributed by atoms with E-state index in [2.05, 4.69) is 46.8 Å². The summed E-state index contributed by atoms with van der Waals surface area (Å²) < 4.78 is 16.7. The van der Waals surface area contributed by atoms with Gasteiger partial charge >= 0.3 is 5.97 Å². The third-order valence-electron chi connectivity index (χ3n) is 6.29. The first kappa shape index (κ1) is 21.8. The summed E-state index contributed by atoms with van der Waals surface area (Å²) in [6, 6.07) is 7.94. The molecule has 1 aliphatic carbocycles. The highest BCUT2D eigenvalue weighted by Crippen LogP contribution is 2.51. The molecule has 2 aromatic carbocycles. The topological polar surface area (TPSA) is 44.8 Å². The molecule has 4 heteroatoms. The Hall–Kier alpha value is -2.93. The summed E-state index contributed by atoms with van der Waals surface area (Å²) in [6.07, 6.45) is 7.45. The van der Waals surface area contributed by atoms with E-state index in [-0.39, 0.29) is 16.6 Å². The molecule has 30 heavy (non-hydrogen) atoms. The lowest BCUT2D eigenvalue weighted by Crippen LogP contribution is -2.34. The molecule has 0 saturated heterocycles. The second-order valence-corrected chi connectivity index (χ2v) is 9.19. The summed E-state index contributed by atoms with van der Waals surface area (Å²) in [7, 11) is 3.17. The van der Waals surface area contributed by atoms with Gasteiger partial charge in [0, 0.05) is 5.92 Å². The van der Waals surface area contributed by atoms with Crippen molar-refractivity contribution in [3.05, 3.63) is 41.0 Å². The van der Waals surface area contributed by atoms with Crippen molar-refractivity contribution in [3.63, 3.8) is 0 Å². The first-order valence-corrected chi connectivity index (χ1v) is 10.1. The Morgan fingerprint density at radius 3 is 2.07 bits per heavy atom. The van der Waals surface area contributed by atoms with Gasteiger partial charge in [-0.15, -0.1) is 6.42 Å². The summed E-state index contributed by atoms with van der Waals surface area (Å²) in [5.41, 5.74) is 5.74. The van der Waals surface area contributed by atoms with E-state index in [9.17, 15) is 4.79 Å². The number of hydrogen-bond acceptors (Lipinski definition) is 4. The van der Waals surface area contributed by atoms with Crippen molar-refractivity contribution < 1.29 is 19.0 Å². The molecule has 0 spiro atoms. The molecule has 0 heterocycles. The number of carbonyl (C=O) groups is 1. The molecule has 158 valence electrons. The average Bonchev–Trinajstić information content (AvgIpc) is 2.70. The second-order valence-electron chi connectivity index (χ2n) is 9.19. The van der Waals surface area contributed by atoms with Crippen LogP contribution in [0.4, 0.5) is 0 Å². The molecule has 0 saturated carbocycles. The molecule has 0 radical (unpaired) electrons. The fourth-order valence-corrected chi connectivity index (χ4v) is 4.37. The lowest BCUT2D eigenvalue weighted by Gasteiger charge is -2.42. The molecular formula is C26H30O4. The van der Waals surface area contributed by atoms with Crippen LogP contribution in [0.5, 0.6) is 17.2 Å². The number of methoxy groups -OCH3 is 2. The van der Waals surface area contributed by atoms with Crippen molar-refractivity contribution in [2.45, 2.75) is 58.3 Å². The van der Waals surface area contributed by atoms with Gasteiger partial charge in [-0.25, -0.2) is 4.79 Å². The Balaban J connectivity index is 2.32. The molecule has 0 bridgehead atoms. The summed E-state index contributed by atoms with van der Waals surface area (Å²) in [4.78, 5) is 11.7. The molecule has 0 atom stereocenters. The van der Waals surface area contributed by atoms with E-state index >= 15 is 0 Å². The van der Waals surface area contributed by atoms with Gasteiger partial charge in [-0.3, -0.25) is 0 Å². The van der Waals surface area contributed by atoms with Gasteiger partial charge in [-0.1, -0.05) is 33.8 Å². The maximum absolute atomic E-state index is 11.7. The molecule has 0 fully saturated rings. The minimum Gasteiger partial charge on any atom is -0.496 e. The van der Waals surface area contributed by atoms with Gasteiger partial charge in [0.2, 0.25) is 0 Å². The van der Waals surface area contributed by atoms with E-state index in [1.807, 2.05) is 5.92 Å². The van der Waals surface area contributed by atoms with Crippen LogP contribution in [0.15, 0.2) is 24.3 Å². The standard InChI is InChI=1S/C26H30O4/c1-9-22(27)30-21-11-10-20(28-7)23(24(21)29-8)17-15-19-18(14-16(17)2)25(3,4)12-13-26(19,5)6/h1,10-11,14-15H,12-13H2,2-8H3. The number of rotatable bonds is 4. The van der Waals surface area contributed by atoms with E-state index in [0.717, 1.165) is 29.5 Å². The lowest BCUT2D eigenvalue weighted by molar-refractivity contribution is -0.128. The number of esters is 1. The predicted octanol–water partition coefficient (Wildman–Crippen LogP) is 5.57. The Bertz CT molecular complexity index is 1040. The monoisotopic (exact) mass is 406 g/mol. The van der Waals surface area contributed by atoms with Crippen molar-refractivity contribution in [1.29, 1.82) is 0 Å². The first-order chi connectivity index (χ1) is 14.1. The maximum atomic E-state index is 11.7. The molecule has 4 nitrogen and oxygen atoms in total. The van der Waals surface area contributed by atoms with Crippen molar-refractivity contribution in [2.75, 3.05) is 14.2 Å². The van der Waals surface area contributed by atoms with Crippen molar-refractivity contribution in [3.8, 4) is 40.7 Å². The zero-order valence-electron chi connectivity index (χ0n) is 18.9. The van der Waals surface area contributed by atoms with Crippen molar-refractivity contribution in [2.24, 2.45) is 0 Å². The quantitative estimate of drug-likeness (QED) is 0.288. The Morgan fingerprint density at radius 2 is 1.53 bits per heavy atom. The van der Waals surface area contributed by atoms with Crippen LogP contribution in [0.25, 0.3) is 11.1 Å². The third kappa shape index (κ3) is 3.65. The molecule has 2 aromatic rings. The van der Waals surface area contributed by atoms with Crippen LogP contribution >= 0.6 is 0 Å². The molecule has 0 amide bonds. The largest absolute Gasteiger partial charge is 0.496 e. The van der Waals surface area contributed by atoms with E-state index in [1.165, 1.54) is 11.1 Å². The fourth-order valence-electron chi connectivity index (χ4n) is 4.37. The molecule has 3 rings (SSSR count). The van der Waals surface area contributed by atoms with Gasteiger partial charge in [0.15, 0.2) is 11.5 Å². The zero-order chi connectivity index (χ0) is 22.3. The van der Waals surface area contributed by atoms with Crippen molar-refractivity contribution >= 4 is 5.97 Å². The number of benzene rings is 2. The van der Waals surface area contributed by atoms with Crippen LogP contribution in [0.2, 0.25) is 0 Å². The highest BCUT2D eigenvalue weighted by molar-refractivity contribution is 5.91. The van der Waals surface area contributed by atoms with E-state index in [1.54, 1.807) is 26.4 Å². The van der Waals surface area contributed by atoms with Crippen LogP contribution in [-0.2, 0) is 15.6 Å². The molecule has 0 aliphatic heterocycles. The van der Waals surface area contributed by atoms with Gasteiger partial charge in [0.1, 0.15) is 5.75 Å². The number of carbonyl (C=O) groups excluding carboxylic acids is 1. The molecule has 0 aromatic heterocycles. The first-order valence-electron chi connectivity index (χ1n) is 10.1. The molecule has 0 N–H and O–H groups in total.